The van der Waals surface area contributed by atoms with E-state index in [0.717, 1.165) is 62.4 Å². The van der Waals surface area contributed by atoms with Gasteiger partial charge in [-0.2, -0.15) is 0 Å². The fraction of sp³-hybridized carbons (Fsp3) is 0.500. The van der Waals surface area contributed by atoms with Crippen LogP contribution in [0.5, 0.6) is 0 Å². The molecule has 3 rings (SSSR count). The van der Waals surface area contributed by atoms with E-state index >= 15 is 0 Å². The molecule has 0 spiro atoms. The third-order valence-corrected chi connectivity index (χ3v) is 4.88. The second kappa shape index (κ2) is 7.31. The van der Waals surface area contributed by atoms with Gasteiger partial charge in [0.2, 0.25) is 0 Å². The van der Waals surface area contributed by atoms with E-state index in [1.807, 2.05) is 6.07 Å². The fourth-order valence-electron chi connectivity index (χ4n) is 2.62. The summed E-state index contributed by atoms with van der Waals surface area (Å²) >= 11 is 1.74. The maximum atomic E-state index is 13.2. The number of fused-ring (bicyclic) bond motifs is 1. The Morgan fingerprint density at radius 1 is 1.24 bits per heavy atom. The number of halogens is 1. The van der Waals surface area contributed by atoms with Gasteiger partial charge in [0.25, 0.3) is 0 Å². The second-order valence-corrected chi connectivity index (χ2v) is 6.55. The van der Waals surface area contributed by atoms with Crippen molar-refractivity contribution in [1.29, 1.82) is 0 Å². The highest BCUT2D eigenvalue weighted by Gasteiger charge is 2.09. The van der Waals surface area contributed by atoms with Crippen LogP contribution in [0.25, 0.3) is 10.1 Å². The normalized spacial score (nSPS) is 16.6. The van der Waals surface area contributed by atoms with E-state index in [0.29, 0.717) is 0 Å². The average molecular weight is 308 g/mol. The van der Waals surface area contributed by atoms with Crippen LogP contribution >= 0.6 is 11.3 Å². The summed E-state index contributed by atoms with van der Waals surface area (Å²) in [5.74, 6) is -0.162. The smallest absolute Gasteiger partial charge is 0.123 e. The third-order valence-electron chi connectivity index (χ3n) is 3.76. The van der Waals surface area contributed by atoms with Gasteiger partial charge in [-0.15, -0.1) is 11.3 Å². The molecule has 1 fully saturated rings. The Morgan fingerprint density at radius 2 is 2.10 bits per heavy atom. The van der Waals surface area contributed by atoms with E-state index in [-0.39, 0.29) is 5.82 Å². The number of hydrogen-bond acceptors (Lipinski definition) is 4. The molecular formula is C16H21FN2OS. The molecular weight excluding hydrogens is 287 g/mol. The first-order valence-corrected chi connectivity index (χ1v) is 8.32. The maximum absolute atomic E-state index is 13.2. The quantitative estimate of drug-likeness (QED) is 0.831. The van der Waals surface area contributed by atoms with Crippen LogP contribution < -0.4 is 5.32 Å². The van der Waals surface area contributed by atoms with Gasteiger partial charge in [0.05, 0.1) is 13.2 Å². The molecule has 1 aliphatic heterocycles. The first-order valence-electron chi connectivity index (χ1n) is 7.50. The maximum Gasteiger partial charge on any atom is 0.123 e. The summed E-state index contributed by atoms with van der Waals surface area (Å²) < 4.78 is 19.6. The summed E-state index contributed by atoms with van der Waals surface area (Å²) in [6, 6.07) is 7.07. The van der Waals surface area contributed by atoms with Gasteiger partial charge in [-0.1, -0.05) is 0 Å². The lowest BCUT2D eigenvalue weighted by Gasteiger charge is -2.26. The molecule has 0 radical (unpaired) electrons. The lowest BCUT2D eigenvalue weighted by Crippen LogP contribution is -2.37. The predicted molar refractivity (Wildman–Crippen MR) is 85.4 cm³/mol. The Bertz CT molecular complexity index is 581. The highest BCUT2D eigenvalue weighted by molar-refractivity contribution is 7.19. The van der Waals surface area contributed by atoms with Crippen molar-refractivity contribution in [3.05, 3.63) is 35.0 Å². The monoisotopic (exact) mass is 308 g/mol. The van der Waals surface area contributed by atoms with Crippen LogP contribution in [0.3, 0.4) is 0 Å². The highest BCUT2D eigenvalue weighted by atomic mass is 32.1. The molecule has 1 saturated heterocycles. The van der Waals surface area contributed by atoms with Gasteiger partial charge in [-0.3, -0.25) is 4.90 Å². The van der Waals surface area contributed by atoms with Crippen molar-refractivity contribution in [3.8, 4) is 0 Å². The molecule has 0 saturated carbocycles. The largest absolute Gasteiger partial charge is 0.379 e. The number of ether oxygens (including phenoxy) is 1. The van der Waals surface area contributed by atoms with Crippen LogP contribution in [0, 0.1) is 5.82 Å². The average Bonchev–Trinajstić information content (AvgIpc) is 2.90. The van der Waals surface area contributed by atoms with E-state index < -0.39 is 0 Å². The van der Waals surface area contributed by atoms with E-state index in [1.165, 1.54) is 10.9 Å². The Morgan fingerprint density at radius 3 is 2.95 bits per heavy atom. The number of morpholine rings is 1. The van der Waals surface area contributed by atoms with Gasteiger partial charge in [-0.25, -0.2) is 4.39 Å². The number of rotatable bonds is 6. The lowest BCUT2D eigenvalue weighted by molar-refractivity contribution is 0.0374. The molecule has 0 unspecified atom stereocenters. The Kier molecular flexibility index (Phi) is 5.19. The number of hydrogen-bond donors (Lipinski definition) is 1. The van der Waals surface area contributed by atoms with Crippen molar-refractivity contribution in [2.24, 2.45) is 0 Å². The van der Waals surface area contributed by atoms with Crippen molar-refractivity contribution in [2.75, 3.05) is 39.4 Å². The number of nitrogens with zero attached hydrogens (tertiary/aromatic N) is 1. The summed E-state index contributed by atoms with van der Waals surface area (Å²) in [7, 11) is 0. The van der Waals surface area contributed by atoms with Gasteiger partial charge in [-0.05, 0) is 49.2 Å². The molecule has 1 N–H and O–H groups in total. The Labute approximate surface area is 128 Å². The summed E-state index contributed by atoms with van der Waals surface area (Å²) in [5, 5.41) is 4.48. The predicted octanol–water partition coefficient (Wildman–Crippen LogP) is 2.85. The third kappa shape index (κ3) is 4.23. The molecule has 1 aliphatic rings. The van der Waals surface area contributed by atoms with Crippen molar-refractivity contribution in [2.45, 2.75) is 13.0 Å². The van der Waals surface area contributed by atoms with Gasteiger partial charge < -0.3 is 10.1 Å². The summed E-state index contributed by atoms with van der Waals surface area (Å²) in [6.07, 6.45) is 1.15. The zero-order valence-corrected chi connectivity index (χ0v) is 12.9. The van der Waals surface area contributed by atoms with E-state index in [2.05, 4.69) is 16.3 Å². The second-order valence-electron chi connectivity index (χ2n) is 5.38. The van der Waals surface area contributed by atoms with Crippen LogP contribution in [0.4, 0.5) is 4.39 Å². The van der Waals surface area contributed by atoms with Gasteiger partial charge in [0.15, 0.2) is 0 Å². The summed E-state index contributed by atoms with van der Waals surface area (Å²) in [6.45, 7) is 6.86. The molecule has 1 aromatic heterocycles. The number of benzene rings is 1. The minimum atomic E-state index is -0.162. The molecule has 5 heteroatoms. The van der Waals surface area contributed by atoms with Crippen molar-refractivity contribution in [3.63, 3.8) is 0 Å². The van der Waals surface area contributed by atoms with E-state index in [1.54, 1.807) is 17.4 Å². The summed E-state index contributed by atoms with van der Waals surface area (Å²) in [5.41, 5.74) is 0. The van der Waals surface area contributed by atoms with Gasteiger partial charge in [0, 0.05) is 29.2 Å². The number of nitrogens with one attached hydrogen (secondary N) is 1. The molecule has 2 aromatic rings. The topological polar surface area (TPSA) is 24.5 Å². The molecule has 2 heterocycles. The van der Waals surface area contributed by atoms with Crippen molar-refractivity contribution >= 4 is 21.4 Å². The van der Waals surface area contributed by atoms with Gasteiger partial charge in [0.1, 0.15) is 5.82 Å². The molecule has 21 heavy (non-hydrogen) atoms. The molecule has 1 aromatic carbocycles. The van der Waals surface area contributed by atoms with Crippen LogP contribution in [-0.2, 0) is 11.3 Å². The van der Waals surface area contributed by atoms with Crippen LogP contribution in [0.1, 0.15) is 11.3 Å². The molecule has 114 valence electrons. The van der Waals surface area contributed by atoms with Crippen LogP contribution in [-0.4, -0.2) is 44.3 Å². The first-order chi connectivity index (χ1) is 10.3. The summed E-state index contributed by atoms with van der Waals surface area (Å²) in [4.78, 5) is 3.72. The molecule has 0 amide bonds. The molecule has 0 atom stereocenters. The minimum Gasteiger partial charge on any atom is -0.379 e. The fourth-order valence-corrected chi connectivity index (χ4v) is 3.63. The zero-order valence-electron chi connectivity index (χ0n) is 12.1. The van der Waals surface area contributed by atoms with Crippen molar-refractivity contribution < 1.29 is 9.13 Å². The van der Waals surface area contributed by atoms with Crippen LogP contribution in [0.2, 0.25) is 0 Å². The molecule has 0 aliphatic carbocycles. The first kappa shape index (κ1) is 14.9. The Hall–Kier alpha value is -1.01. The molecule has 0 bridgehead atoms. The number of thiophene rings is 1. The van der Waals surface area contributed by atoms with Crippen molar-refractivity contribution in [1.82, 2.24) is 10.2 Å². The standard InChI is InChI=1S/C16H21FN2OS/c17-14-2-3-16-13(10-14)11-15(21-16)12-18-4-1-5-19-6-8-20-9-7-19/h2-3,10-11,18H,1,4-9,12H2. The van der Waals surface area contributed by atoms with E-state index in [4.69, 9.17) is 4.74 Å². The Balaban J connectivity index is 1.40. The van der Waals surface area contributed by atoms with Crippen LogP contribution in [0.15, 0.2) is 24.3 Å². The zero-order chi connectivity index (χ0) is 14.5. The SMILES string of the molecule is Fc1ccc2sc(CNCCCN3CCOCC3)cc2c1. The highest BCUT2D eigenvalue weighted by Crippen LogP contribution is 2.26. The molecule has 3 nitrogen and oxygen atoms in total. The minimum absolute atomic E-state index is 0.162. The van der Waals surface area contributed by atoms with Gasteiger partial charge >= 0.3 is 0 Å². The van der Waals surface area contributed by atoms with E-state index in [9.17, 15) is 4.39 Å². The lowest BCUT2D eigenvalue weighted by atomic mass is 10.2.